The van der Waals surface area contributed by atoms with E-state index in [-0.39, 0.29) is 5.91 Å². The molecule has 3 aromatic heterocycles. The molecule has 1 aliphatic carbocycles. The lowest BCUT2D eigenvalue weighted by Gasteiger charge is -2.22. The summed E-state index contributed by atoms with van der Waals surface area (Å²) < 4.78 is 25.6. The van der Waals surface area contributed by atoms with Gasteiger partial charge in [-0.05, 0) is 62.1 Å². The van der Waals surface area contributed by atoms with Crippen LogP contribution < -0.4 is 10.2 Å². The van der Waals surface area contributed by atoms with Crippen molar-refractivity contribution in [3.8, 4) is 0 Å². The summed E-state index contributed by atoms with van der Waals surface area (Å²) in [5, 5.41) is 13.5. The van der Waals surface area contributed by atoms with Crippen molar-refractivity contribution in [3.63, 3.8) is 0 Å². The number of H-pyrrole nitrogens is 1. The molecule has 4 heterocycles. The van der Waals surface area contributed by atoms with Crippen LogP contribution >= 0.6 is 0 Å². The van der Waals surface area contributed by atoms with Gasteiger partial charge in [-0.1, -0.05) is 33.1 Å². The highest BCUT2D eigenvalue weighted by Gasteiger charge is 2.20. The van der Waals surface area contributed by atoms with Gasteiger partial charge in [0.2, 0.25) is 0 Å². The summed E-state index contributed by atoms with van der Waals surface area (Å²) in [6.07, 6.45) is 15.1. The zero-order chi connectivity index (χ0) is 27.2. The van der Waals surface area contributed by atoms with Crippen LogP contribution in [-0.4, -0.2) is 49.8 Å². The summed E-state index contributed by atoms with van der Waals surface area (Å²) in [6, 6.07) is 8.84. The average molecular weight is 526 g/mol. The monoisotopic (exact) mass is 525 g/mol. The van der Waals surface area contributed by atoms with Gasteiger partial charge in [0.15, 0.2) is 0 Å². The van der Waals surface area contributed by atoms with E-state index in [2.05, 4.69) is 42.6 Å². The third kappa shape index (κ3) is 8.64. The van der Waals surface area contributed by atoms with Gasteiger partial charge in [-0.25, -0.2) is 18.3 Å². The maximum absolute atomic E-state index is 12.6. The maximum Gasteiger partial charge on any atom is 0.255 e. The fraction of sp³-hybridized carbons (Fsp3) is 0.429. The van der Waals surface area contributed by atoms with Gasteiger partial charge in [-0.3, -0.25) is 9.89 Å². The van der Waals surface area contributed by atoms with Gasteiger partial charge in [0.1, 0.15) is 24.3 Å². The topological polar surface area (TPSA) is 91.2 Å². The molecule has 1 aliphatic heterocycles. The molecule has 204 valence electrons. The quantitative estimate of drug-likeness (QED) is 0.353. The van der Waals surface area contributed by atoms with Crippen LogP contribution in [0.25, 0.3) is 5.52 Å². The van der Waals surface area contributed by atoms with Crippen molar-refractivity contribution < 1.29 is 13.6 Å². The number of nitrogens with zero attached hydrogens (tertiary/aromatic N) is 5. The molecule has 4 aromatic rings. The Morgan fingerprint density at radius 1 is 0.974 bits per heavy atom. The summed E-state index contributed by atoms with van der Waals surface area (Å²) >= 11 is 0. The lowest BCUT2D eigenvalue weighted by atomic mass is 9.95. The Hall–Kier alpha value is -3.82. The highest BCUT2D eigenvalue weighted by atomic mass is 19.1. The summed E-state index contributed by atoms with van der Waals surface area (Å²) in [5.41, 5.74) is 2.79. The van der Waals surface area contributed by atoms with E-state index < -0.39 is 11.6 Å². The van der Waals surface area contributed by atoms with Crippen LogP contribution in [0.1, 0.15) is 69.2 Å². The SMILES string of the molecule is CC.Fc1ccc(F)cc1.O=C(NC1CCCCC1)c1cnn2ccc(N3CCCC3)cc12.c1nc[nH]n1. The summed E-state index contributed by atoms with van der Waals surface area (Å²) in [4.78, 5) is 18.6. The highest BCUT2D eigenvalue weighted by Crippen LogP contribution is 2.24. The fourth-order valence-electron chi connectivity index (χ4n) is 4.42. The van der Waals surface area contributed by atoms with Gasteiger partial charge in [-0.15, -0.1) is 0 Å². The molecule has 10 heteroatoms. The summed E-state index contributed by atoms with van der Waals surface area (Å²) in [7, 11) is 0. The second-order valence-electron chi connectivity index (χ2n) is 8.86. The van der Waals surface area contributed by atoms with Crippen LogP contribution in [0.4, 0.5) is 14.5 Å². The number of fused-ring (bicyclic) bond motifs is 1. The number of aromatic amines is 1. The lowest BCUT2D eigenvalue weighted by molar-refractivity contribution is 0.0929. The molecule has 2 fully saturated rings. The maximum atomic E-state index is 12.6. The number of anilines is 1. The molecule has 38 heavy (non-hydrogen) atoms. The van der Waals surface area contributed by atoms with E-state index in [1.165, 1.54) is 50.4 Å². The van der Waals surface area contributed by atoms with Crippen molar-refractivity contribution in [2.75, 3.05) is 18.0 Å². The molecule has 0 radical (unpaired) electrons. The number of benzene rings is 1. The average Bonchev–Trinajstić information content (AvgIpc) is 3.76. The Balaban J connectivity index is 0.000000218. The summed E-state index contributed by atoms with van der Waals surface area (Å²) in [5.74, 6) is -0.803. The Morgan fingerprint density at radius 2 is 1.63 bits per heavy atom. The number of rotatable bonds is 3. The second kappa shape index (κ2) is 15.4. The second-order valence-corrected chi connectivity index (χ2v) is 8.86. The first kappa shape index (κ1) is 28.7. The van der Waals surface area contributed by atoms with Gasteiger partial charge in [0.25, 0.3) is 5.91 Å². The van der Waals surface area contributed by atoms with Crippen molar-refractivity contribution in [1.82, 2.24) is 30.1 Å². The number of pyridine rings is 1. The third-order valence-corrected chi connectivity index (χ3v) is 6.30. The molecular formula is C28H37F2N7O. The largest absolute Gasteiger partial charge is 0.371 e. The van der Waals surface area contributed by atoms with Crippen LogP contribution in [0.3, 0.4) is 0 Å². The van der Waals surface area contributed by atoms with Gasteiger partial charge >= 0.3 is 0 Å². The standard InChI is InChI=1S/C18H24N4O.C6H4F2.C2H3N3.C2H6/c23-18(20-14-6-2-1-3-7-14)16-13-19-22-11-8-15(12-17(16)22)21-9-4-5-10-21;7-5-1-2-6(8)4-3-5;1-3-2-5-4-1;1-2/h8,11-14H,1-7,9-10H2,(H,20,23);1-4H;1-2H,(H,3,4,5);1-2H3. The van der Waals surface area contributed by atoms with Crippen LogP contribution in [0, 0.1) is 11.6 Å². The minimum absolute atomic E-state index is 0.0190. The smallest absolute Gasteiger partial charge is 0.255 e. The first-order valence-corrected chi connectivity index (χ1v) is 13.3. The molecule has 8 nitrogen and oxygen atoms in total. The minimum Gasteiger partial charge on any atom is -0.371 e. The predicted molar refractivity (Wildman–Crippen MR) is 145 cm³/mol. The van der Waals surface area contributed by atoms with Crippen LogP contribution in [0.2, 0.25) is 0 Å². The van der Waals surface area contributed by atoms with Crippen molar-refractivity contribution in [1.29, 1.82) is 0 Å². The van der Waals surface area contributed by atoms with Gasteiger partial charge in [-0.2, -0.15) is 10.2 Å². The van der Waals surface area contributed by atoms with E-state index in [9.17, 15) is 13.6 Å². The molecule has 1 saturated heterocycles. The number of aromatic nitrogens is 5. The van der Waals surface area contributed by atoms with Gasteiger partial charge in [0.05, 0.1) is 17.3 Å². The van der Waals surface area contributed by atoms with Crippen LogP contribution in [0.5, 0.6) is 0 Å². The van der Waals surface area contributed by atoms with E-state index in [4.69, 9.17) is 0 Å². The van der Waals surface area contributed by atoms with Crippen LogP contribution in [-0.2, 0) is 0 Å². The number of carbonyl (C=O) groups excluding carboxylic acids is 1. The predicted octanol–water partition coefficient (Wildman–Crippen LogP) is 5.79. The number of hydrogen-bond donors (Lipinski definition) is 2. The zero-order valence-corrected chi connectivity index (χ0v) is 22.1. The molecule has 0 unspecified atom stereocenters. The highest BCUT2D eigenvalue weighted by molar-refractivity contribution is 6.01. The molecular weight excluding hydrogens is 488 g/mol. The normalized spacial score (nSPS) is 14.9. The van der Waals surface area contributed by atoms with E-state index in [1.54, 1.807) is 10.7 Å². The Morgan fingerprint density at radius 3 is 2.18 bits per heavy atom. The number of nitrogens with one attached hydrogen (secondary N) is 2. The molecule has 2 aliphatic rings. The van der Waals surface area contributed by atoms with E-state index in [1.807, 2.05) is 20.0 Å². The Bertz CT molecular complexity index is 1160. The zero-order valence-electron chi connectivity index (χ0n) is 22.1. The van der Waals surface area contributed by atoms with Gasteiger partial charge in [0, 0.05) is 31.0 Å². The molecule has 2 N–H and O–H groups in total. The van der Waals surface area contributed by atoms with Crippen molar-refractivity contribution in [2.45, 2.75) is 64.8 Å². The van der Waals surface area contributed by atoms with E-state index in [0.717, 1.165) is 55.7 Å². The third-order valence-electron chi connectivity index (χ3n) is 6.30. The Kier molecular flexibility index (Phi) is 11.7. The number of halogens is 2. The number of amides is 1. The van der Waals surface area contributed by atoms with Crippen molar-refractivity contribution >= 4 is 17.1 Å². The molecule has 1 saturated carbocycles. The summed E-state index contributed by atoms with van der Waals surface area (Å²) in [6.45, 7) is 6.21. The first-order valence-electron chi connectivity index (χ1n) is 13.3. The molecule has 0 bridgehead atoms. The Labute approximate surface area is 222 Å². The minimum atomic E-state index is -0.411. The van der Waals surface area contributed by atoms with Crippen LogP contribution in [0.15, 0.2) is 61.4 Å². The lowest BCUT2D eigenvalue weighted by Crippen LogP contribution is -2.36. The molecule has 1 aromatic carbocycles. The van der Waals surface area contributed by atoms with E-state index >= 15 is 0 Å². The molecule has 6 rings (SSSR count). The fourth-order valence-corrected chi connectivity index (χ4v) is 4.42. The van der Waals surface area contributed by atoms with Crippen molar-refractivity contribution in [3.05, 3.63) is 78.6 Å². The molecule has 0 spiro atoms. The van der Waals surface area contributed by atoms with Crippen molar-refractivity contribution in [2.24, 2.45) is 0 Å². The van der Waals surface area contributed by atoms with Gasteiger partial charge < -0.3 is 10.2 Å². The first-order chi connectivity index (χ1) is 18.6. The van der Waals surface area contributed by atoms with E-state index in [0.29, 0.717) is 11.6 Å². The molecule has 1 amide bonds. The number of carbonyl (C=O) groups is 1. The number of hydrogen-bond acceptors (Lipinski definition) is 5. The molecule has 0 atom stereocenters.